The Hall–Kier alpha value is -0.470. The van der Waals surface area contributed by atoms with E-state index in [0.29, 0.717) is 10.8 Å². The Morgan fingerprint density at radius 3 is 2.79 bits per heavy atom. The maximum atomic E-state index is 11.6. The van der Waals surface area contributed by atoms with Crippen molar-refractivity contribution in [3.05, 3.63) is 34.3 Å². The fourth-order valence-corrected chi connectivity index (χ4v) is 1.77. The summed E-state index contributed by atoms with van der Waals surface area (Å²) in [6.45, 7) is 3.96. The molecule has 1 rings (SSSR count). The number of thioether (sulfide) groups is 1. The summed E-state index contributed by atoms with van der Waals surface area (Å²) in [7, 11) is 0. The maximum absolute atomic E-state index is 11.6. The van der Waals surface area contributed by atoms with E-state index >= 15 is 0 Å². The molecule has 0 spiro atoms. The summed E-state index contributed by atoms with van der Waals surface area (Å²) in [5, 5.41) is 0.713. The summed E-state index contributed by atoms with van der Waals surface area (Å²) in [4.78, 5) is 11.6. The van der Waals surface area contributed by atoms with Gasteiger partial charge in [0.2, 0.25) is 0 Å². The van der Waals surface area contributed by atoms with Gasteiger partial charge in [0, 0.05) is 10.6 Å². The van der Waals surface area contributed by atoms with Crippen molar-refractivity contribution < 1.29 is 4.79 Å². The van der Waals surface area contributed by atoms with Crippen LogP contribution in [-0.4, -0.2) is 17.3 Å². The number of halogens is 1. The lowest BCUT2D eigenvalue weighted by Crippen LogP contribution is -2.02. The highest BCUT2D eigenvalue weighted by Gasteiger charge is 2.06. The molecule has 0 fully saturated rings. The van der Waals surface area contributed by atoms with Crippen LogP contribution in [-0.2, 0) is 0 Å². The van der Waals surface area contributed by atoms with Crippen LogP contribution >= 0.6 is 23.4 Å². The van der Waals surface area contributed by atoms with Gasteiger partial charge in [-0.15, -0.1) is 0 Å². The third-order valence-corrected chi connectivity index (χ3v) is 3.22. The molecule has 3 heteroatoms. The van der Waals surface area contributed by atoms with Crippen LogP contribution in [0.1, 0.15) is 22.8 Å². The number of hydrogen-bond acceptors (Lipinski definition) is 2. The Kier molecular flexibility index (Phi) is 4.49. The molecule has 0 amide bonds. The predicted octanol–water partition coefficient (Wildman–Crippen LogP) is 3.58. The number of benzene rings is 1. The highest BCUT2D eigenvalue weighted by molar-refractivity contribution is 7.99. The Morgan fingerprint density at radius 2 is 2.21 bits per heavy atom. The lowest BCUT2D eigenvalue weighted by Gasteiger charge is -2.02. The van der Waals surface area contributed by atoms with Crippen molar-refractivity contribution in [1.29, 1.82) is 0 Å². The Labute approximate surface area is 93.8 Å². The second kappa shape index (κ2) is 5.42. The van der Waals surface area contributed by atoms with Crippen molar-refractivity contribution in [3.63, 3.8) is 0 Å². The average Bonchev–Trinajstić information content (AvgIpc) is 2.18. The summed E-state index contributed by atoms with van der Waals surface area (Å²) in [6.07, 6.45) is 0. The number of carbonyl (C=O) groups excluding carboxylic acids is 1. The Bertz CT molecular complexity index is 336. The molecule has 0 aliphatic carbocycles. The van der Waals surface area contributed by atoms with E-state index in [4.69, 9.17) is 11.6 Å². The highest BCUT2D eigenvalue weighted by Crippen LogP contribution is 2.17. The SMILES string of the molecule is CCSCC(=O)c1ccc(Cl)c(C)c1. The fourth-order valence-electron chi connectivity index (χ4n) is 1.10. The van der Waals surface area contributed by atoms with Gasteiger partial charge in [-0.2, -0.15) is 11.8 Å². The molecular formula is C11H13ClOS. The Morgan fingerprint density at radius 1 is 1.50 bits per heavy atom. The van der Waals surface area contributed by atoms with Gasteiger partial charge < -0.3 is 0 Å². The molecule has 0 aliphatic heterocycles. The number of rotatable bonds is 4. The summed E-state index contributed by atoms with van der Waals surface area (Å²) in [6, 6.07) is 5.41. The summed E-state index contributed by atoms with van der Waals surface area (Å²) >= 11 is 7.51. The molecule has 0 heterocycles. The van der Waals surface area contributed by atoms with Crippen molar-refractivity contribution in [3.8, 4) is 0 Å². The zero-order valence-electron chi connectivity index (χ0n) is 8.34. The number of aryl methyl sites for hydroxylation is 1. The molecule has 1 nitrogen and oxygen atoms in total. The van der Waals surface area contributed by atoms with Gasteiger partial charge in [0.15, 0.2) is 5.78 Å². The zero-order valence-corrected chi connectivity index (χ0v) is 9.91. The molecule has 0 aromatic heterocycles. The molecule has 0 unspecified atom stereocenters. The van der Waals surface area contributed by atoms with E-state index in [1.807, 2.05) is 19.9 Å². The van der Waals surface area contributed by atoms with Gasteiger partial charge in [-0.3, -0.25) is 4.79 Å². The lowest BCUT2D eigenvalue weighted by molar-refractivity contribution is 0.102. The van der Waals surface area contributed by atoms with Gasteiger partial charge in [-0.25, -0.2) is 0 Å². The van der Waals surface area contributed by atoms with Crippen molar-refractivity contribution in [2.45, 2.75) is 13.8 Å². The van der Waals surface area contributed by atoms with Crippen LogP contribution in [0.25, 0.3) is 0 Å². The van der Waals surface area contributed by atoms with Crippen molar-refractivity contribution in [2.75, 3.05) is 11.5 Å². The van der Waals surface area contributed by atoms with Gasteiger partial charge in [-0.05, 0) is 36.4 Å². The zero-order chi connectivity index (χ0) is 10.6. The molecular weight excluding hydrogens is 216 g/mol. The average molecular weight is 229 g/mol. The number of ketones is 1. The minimum atomic E-state index is 0.177. The highest BCUT2D eigenvalue weighted by atomic mass is 35.5. The van der Waals surface area contributed by atoms with Crippen LogP contribution in [0.3, 0.4) is 0 Å². The van der Waals surface area contributed by atoms with Crippen molar-refractivity contribution in [1.82, 2.24) is 0 Å². The quantitative estimate of drug-likeness (QED) is 0.733. The second-order valence-corrected chi connectivity index (χ2v) is 4.71. The standard InChI is InChI=1S/C11H13ClOS/c1-3-14-7-11(13)9-4-5-10(12)8(2)6-9/h4-6H,3,7H2,1-2H3. The molecule has 0 saturated heterocycles. The van der Waals surface area contributed by atoms with Crippen LogP contribution in [0.5, 0.6) is 0 Å². The van der Waals surface area contributed by atoms with Crippen LogP contribution in [0.2, 0.25) is 5.02 Å². The van der Waals surface area contributed by atoms with Crippen molar-refractivity contribution >= 4 is 29.1 Å². The van der Waals surface area contributed by atoms with E-state index in [1.165, 1.54) is 0 Å². The first-order chi connectivity index (χ1) is 6.65. The third kappa shape index (κ3) is 3.03. The molecule has 0 saturated carbocycles. The normalized spacial score (nSPS) is 10.2. The first-order valence-corrected chi connectivity index (χ1v) is 6.05. The van der Waals surface area contributed by atoms with Gasteiger partial charge in [0.25, 0.3) is 0 Å². The number of carbonyl (C=O) groups is 1. The molecule has 76 valence electrons. The van der Waals surface area contributed by atoms with E-state index < -0.39 is 0 Å². The van der Waals surface area contributed by atoms with Gasteiger partial charge in [0.05, 0.1) is 5.75 Å². The largest absolute Gasteiger partial charge is 0.293 e. The molecule has 0 radical (unpaired) electrons. The van der Waals surface area contributed by atoms with E-state index in [2.05, 4.69) is 0 Å². The van der Waals surface area contributed by atoms with Crippen LogP contribution in [0, 0.1) is 6.92 Å². The lowest BCUT2D eigenvalue weighted by atomic mass is 10.1. The molecule has 1 aromatic carbocycles. The van der Waals surface area contributed by atoms with E-state index in [9.17, 15) is 4.79 Å². The first kappa shape index (κ1) is 11.6. The van der Waals surface area contributed by atoms with Gasteiger partial charge >= 0.3 is 0 Å². The molecule has 0 N–H and O–H groups in total. The molecule has 0 atom stereocenters. The molecule has 1 aromatic rings. The van der Waals surface area contributed by atoms with Gasteiger partial charge in [-0.1, -0.05) is 18.5 Å². The van der Waals surface area contributed by atoms with Crippen molar-refractivity contribution in [2.24, 2.45) is 0 Å². The second-order valence-electron chi connectivity index (χ2n) is 3.02. The maximum Gasteiger partial charge on any atom is 0.172 e. The van der Waals surface area contributed by atoms with E-state index in [1.54, 1.807) is 23.9 Å². The minimum absolute atomic E-state index is 0.177. The smallest absolute Gasteiger partial charge is 0.172 e. The first-order valence-electron chi connectivity index (χ1n) is 4.52. The number of Topliss-reactive ketones (excluding diaryl/α,β-unsaturated/α-hetero) is 1. The Balaban J connectivity index is 2.76. The molecule has 0 bridgehead atoms. The predicted molar refractivity (Wildman–Crippen MR) is 63.5 cm³/mol. The summed E-state index contributed by atoms with van der Waals surface area (Å²) in [5.41, 5.74) is 1.71. The van der Waals surface area contributed by atoms with Crippen LogP contribution in [0.15, 0.2) is 18.2 Å². The topological polar surface area (TPSA) is 17.1 Å². The third-order valence-electron chi connectivity index (χ3n) is 1.92. The fraction of sp³-hybridized carbons (Fsp3) is 0.364. The van der Waals surface area contributed by atoms with E-state index in [0.717, 1.165) is 16.9 Å². The molecule has 0 aliphatic rings. The van der Waals surface area contributed by atoms with Crippen LogP contribution in [0.4, 0.5) is 0 Å². The summed E-state index contributed by atoms with van der Waals surface area (Å²) in [5.74, 6) is 1.70. The molecule has 14 heavy (non-hydrogen) atoms. The number of hydrogen-bond donors (Lipinski definition) is 0. The summed E-state index contributed by atoms with van der Waals surface area (Å²) < 4.78 is 0. The van der Waals surface area contributed by atoms with Crippen LogP contribution < -0.4 is 0 Å². The van der Waals surface area contributed by atoms with E-state index in [-0.39, 0.29) is 5.78 Å². The van der Waals surface area contributed by atoms with Gasteiger partial charge in [0.1, 0.15) is 0 Å². The monoisotopic (exact) mass is 228 g/mol. The minimum Gasteiger partial charge on any atom is -0.293 e.